The Labute approximate surface area is 156 Å². The van der Waals surface area contributed by atoms with Gasteiger partial charge in [-0.05, 0) is 63.1 Å². The third-order valence-corrected chi connectivity index (χ3v) is 6.91. The summed E-state index contributed by atoms with van der Waals surface area (Å²) in [7, 11) is -2.23. The van der Waals surface area contributed by atoms with E-state index < -0.39 is 10.0 Å². The largest absolute Gasteiger partial charge is 0.495 e. The molecule has 0 radical (unpaired) electrons. The Kier molecular flexibility index (Phi) is 4.88. The van der Waals surface area contributed by atoms with Crippen molar-refractivity contribution in [2.45, 2.75) is 38.6 Å². The van der Waals surface area contributed by atoms with Gasteiger partial charge in [0, 0.05) is 12.6 Å². The molecule has 0 bridgehead atoms. The van der Waals surface area contributed by atoms with Crippen molar-refractivity contribution in [2.24, 2.45) is 0 Å². The van der Waals surface area contributed by atoms with Crippen LogP contribution < -0.4 is 13.9 Å². The van der Waals surface area contributed by atoms with Gasteiger partial charge in [-0.1, -0.05) is 12.1 Å². The zero-order valence-electron chi connectivity index (χ0n) is 16.0. The van der Waals surface area contributed by atoms with E-state index in [-0.39, 0.29) is 10.9 Å². The summed E-state index contributed by atoms with van der Waals surface area (Å²) in [5.41, 5.74) is 3.59. The van der Waals surface area contributed by atoms with Gasteiger partial charge >= 0.3 is 0 Å². The highest BCUT2D eigenvalue weighted by molar-refractivity contribution is 7.93. The molecule has 1 aliphatic heterocycles. The molecule has 6 heteroatoms. The standard InChI is InChI=1S/C20H26N2O3S/c1-6-21-16(4)13-22(18-10-8-7-9-17(18)21)26(23,24)20-12-15(3)14(2)11-19(20)25-5/h7-12,16H,6,13H2,1-5H3. The number of likely N-dealkylation sites (N-methyl/N-ethyl adjacent to an activating group) is 1. The molecule has 1 unspecified atom stereocenters. The fourth-order valence-corrected chi connectivity index (χ4v) is 5.33. The highest BCUT2D eigenvalue weighted by atomic mass is 32.2. The maximum Gasteiger partial charge on any atom is 0.268 e. The lowest BCUT2D eigenvalue weighted by Gasteiger charge is -2.42. The van der Waals surface area contributed by atoms with Crippen molar-refractivity contribution in [3.8, 4) is 5.75 Å². The first kappa shape index (κ1) is 18.6. The summed E-state index contributed by atoms with van der Waals surface area (Å²) >= 11 is 0. The topological polar surface area (TPSA) is 49.9 Å². The summed E-state index contributed by atoms with van der Waals surface area (Å²) in [5.74, 6) is 0.385. The number of rotatable bonds is 4. The summed E-state index contributed by atoms with van der Waals surface area (Å²) in [6, 6.07) is 11.3. The lowest BCUT2D eigenvalue weighted by molar-refractivity contribution is 0.402. The van der Waals surface area contributed by atoms with Crippen LogP contribution in [-0.4, -0.2) is 34.7 Å². The van der Waals surface area contributed by atoms with Crippen LogP contribution in [0.15, 0.2) is 41.3 Å². The van der Waals surface area contributed by atoms with E-state index in [1.807, 2.05) is 38.1 Å². The first-order chi connectivity index (χ1) is 12.3. The molecule has 0 saturated carbocycles. The van der Waals surface area contributed by atoms with Crippen LogP contribution in [0.25, 0.3) is 0 Å². The molecule has 0 aliphatic carbocycles. The smallest absolute Gasteiger partial charge is 0.268 e. The van der Waals surface area contributed by atoms with Gasteiger partial charge in [0.05, 0.1) is 25.0 Å². The molecule has 0 spiro atoms. The van der Waals surface area contributed by atoms with E-state index in [9.17, 15) is 8.42 Å². The molecule has 1 atom stereocenters. The minimum atomic E-state index is -3.74. The SMILES string of the molecule is CCN1c2ccccc2N(S(=O)(=O)c2cc(C)c(C)cc2OC)CC1C. The number of methoxy groups -OCH3 is 1. The monoisotopic (exact) mass is 374 g/mol. The number of para-hydroxylation sites is 2. The number of hydrogen-bond acceptors (Lipinski definition) is 4. The Hall–Kier alpha value is -2.21. The van der Waals surface area contributed by atoms with Crippen LogP contribution in [0, 0.1) is 13.8 Å². The molecule has 2 aromatic carbocycles. The minimum Gasteiger partial charge on any atom is -0.495 e. The first-order valence-corrected chi connectivity index (χ1v) is 10.3. The molecule has 1 heterocycles. The molecule has 1 aliphatic rings. The second-order valence-corrected chi connectivity index (χ2v) is 8.58. The Morgan fingerprint density at radius 2 is 1.73 bits per heavy atom. The van der Waals surface area contributed by atoms with Crippen LogP contribution in [0.5, 0.6) is 5.75 Å². The fourth-order valence-electron chi connectivity index (χ4n) is 3.54. The molecule has 0 N–H and O–H groups in total. The van der Waals surface area contributed by atoms with E-state index in [1.165, 1.54) is 11.4 Å². The third kappa shape index (κ3) is 2.92. The quantitative estimate of drug-likeness (QED) is 0.818. The highest BCUT2D eigenvalue weighted by Crippen LogP contribution is 2.40. The van der Waals surface area contributed by atoms with Crippen LogP contribution in [-0.2, 0) is 10.0 Å². The molecule has 140 valence electrons. The van der Waals surface area contributed by atoms with E-state index >= 15 is 0 Å². The van der Waals surface area contributed by atoms with Gasteiger partial charge in [0.1, 0.15) is 10.6 Å². The van der Waals surface area contributed by atoms with E-state index in [0.717, 1.165) is 23.4 Å². The van der Waals surface area contributed by atoms with Crippen LogP contribution in [0.2, 0.25) is 0 Å². The van der Waals surface area contributed by atoms with Crippen molar-refractivity contribution >= 4 is 21.4 Å². The van der Waals surface area contributed by atoms with Crippen molar-refractivity contribution in [1.29, 1.82) is 0 Å². The number of anilines is 2. The zero-order valence-corrected chi connectivity index (χ0v) is 16.8. The molecular weight excluding hydrogens is 348 g/mol. The third-order valence-electron chi connectivity index (χ3n) is 5.11. The summed E-state index contributed by atoms with van der Waals surface area (Å²) in [6.07, 6.45) is 0. The summed E-state index contributed by atoms with van der Waals surface area (Å²) in [6.45, 7) is 9.25. The average Bonchev–Trinajstić information content (AvgIpc) is 2.62. The molecule has 2 aromatic rings. The van der Waals surface area contributed by atoms with Crippen molar-refractivity contribution < 1.29 is 13.2 Å². The van der Waals surface area contributed by atoms with Gasteiger partial charge in [0.2, 0.25) is 0 Å². The van der Waals surface area contributed by atoms with E-state index in [4.69, 9.17) is 4.74 Å². The molecule has 0 saturated heterocycles. The molecule has 5 nitrogen and oxygen atoms in total. The van der Waals surface area contributed by atoms with Crippen LogP contribution >= 0.6 is 0 Å². The number of fused-ring (bicyclic) bond motifs is 1. The lowest BCUT2D eigenvalue weighted by atomic mass is 10.1. The average molecular weight is 375 g/mol. The predicted molar refractivity (Wildman–Crippen MR) is 106 cm³/mol. The second-order valence-electron chi connectivity index (χ2n) is 6.75. The Morgan fingerprint density at radius 3 is 2.35 bits per heavy atom. The molecule has 0 amide bonds. The summed E-state index contributed by atoms with van der Waals surface area (Å²) in [5, 5.41) is 0. The number of hydrogen-bond donors (Lipinski definition) is 0. The van der Waals surface area contributed by atoms with E-state index in [0.29, 0.717) is 18.0 Å². The Bertz CT molecular complexity index is 925. The maximum atomic E-state index is 13.6. The number of aryl methyl sites for hydroxylation is 2. The molecule has 0 aromatic heterocycles. The first-order valence-electron chi connectivity index (χ1n) is 8.85. The van der Waals surface area contributed by atoms with E-state index in [2.05, 4.69) is 18.7 Å². The number of ether oxygens (including phenoxy) is 1. The highest BCUT2D eigenvalue weighted by Gasteiger charge is 2.36. The van der Waals surface area contributed by atoms with Gasteiger partial charge in [0.15, 0.2) is 0 Å². The molecule has 3 rings (SSSR count). The van der Waals surface area contributed by atoms with Crippen molar-refractivity contribution in [2.75, 3.05) is 29.4 Å². The summed E-state index contributed by atoms with van der Waals surface area (Å²) < 4.78 is 34.0. The summed E-state index contributed by atoms with van der Waals surface area (Å²) in [4.78, 5) is 2.45. The van der Waals surface area contributed by atoms with Crippen molar-refractivity contribution in [1.82, 2.24) is 0 Å². The second kappa shape index (κ2) is 6.83. The van der Waals surface area contributed by atoms with Gasteiger partial charge in [-0.25, -0.2) is 8.42 Å². The van der Waals surface area contributed by atoms with Gasteiger partial charge in [0.25, 0.3) is 10.0 Å². The molecule has 0 fully saturated rings. The number of sulfonamides is 1. The van der Waals surface area contributed by atoms with Gasteiger partial charge in [-0.2, -0.15) is 0 Å². The van der Waals surface area contributed by atoms with Gasteiger partial charge in [-0.3, -0.25) is 4.31 Å². The van der Waals surface area contributed by atoms with Crippen LogP contribution in [0.1, 0.15) is 25.0 Å². The molecular formula is C20H26N2O3S. The lowest BCUT2D eigenvalue weighted by Crippen LogP contribution is -2.49. The molecule has 26 heavy (non-hydrogen) atoms. The minimum absolute atomic E-state index is 0.0854. The van der Waals surface area contributed by atoms with Crippen LogP contribution in [0.4, 0.5) is 11.4 Å². The van der Waals surface area contributed by atoms with Gasteiger partial charge < -0.3 is 9.64 Å². The predicted octanol–water partition coefficient (Wildman–Crippen LogP) is 3.74. The normalized spacial score (nSPS) is 17.2. The number of benzene rings is 2. The van der Waals surface area contributed by atoms with Crippen LogP contribution in [0.3, 0.4) is 0 Å². The van der Waals surface area contributed by atoms with E-state index in [1.54, 1.807) is 12.1 Å². The fraction of sp³-hybridized carbons (Fsp3) is 0.400. The maximum absolute atomic E-state index is 13.6. The Morgan fingerprint density at radius 1 is 1.12 bits per heavy atom. The Balaban J connectivity index is 2.18. The zero-order chi connectivity index (χ0) is 19.1. The van der Waals surface area contributed by atoms with Crippen molar-refractivity contribution in [3.05, 3.63) is 47.5 Å². The van der Waals surface area contributed by atoms with Crippen molar-refractivity contribution in [3.63, 3.8) is 0 Å². The van der Waals surface area contributed by atoms with Gasteiger partial charge in [-0.15, -0.1) is 0 Å². The number of nitrogens with zero attached hydrogens (tertiary/aromatic N) is 2.